The molecule has 0 aromatic heterocycles. The first-order chi connectivity index (χ1) is 10.7. The van der Waals surface area contributed by atoms with Gasteiger partial charge in [-0.1, -0.05) is 0 Å². The van der Waals surface area contributed by atoms with Crippen LogP contribution >= 0.6 is 0 Å². The lowest BCUT2D eigenvalue weighted by Crippen LogP contribution is -2.51. The van der Waals surface area contributed by atoms with E-state index < -0.39 is 6.10 Å². The third kappa shape index (κ3) is 3.18. The molecule has 0 aromatic carbocycles. The lowest BCUT2D eigenvalue weighted by Gasteiger charge is -2.53. The maximum atomic E-state index is 12.6. The van der Waals surface area contributed by atoms with Crippen LogP contribution in [0.1, 0.15) is 44.9 Å². The minimum atomic E-state index is -0.570. The fraction of sp³-hybridized carbons (Fsp3) is 0.944. The SMILES string of the molecule is O=C(NCC(O)COCC1CC1)C1C2CC3CC(C2)CC1C3. The largest absolute Gasteiger partial charge is 0.389 e. The summed E-state index contributed by atoms with van der Waals surface area (Å²) in [6.07, 6.45) is 8.42. The van der Waals surface area contributed by atoms with Crippen molar-refractivity contribution in [2.45, 2.75) is 51.0 Å². The van der Waals surface area contributed by atoms with Crippen molar-refractivity contribution in [1.29, 1.82) is 0 Å². The molecular formula is C18H29NO3. The molecule has 22 heavy (non-hydrogen) atoms. The number of aliphatic hydroxyl groups excluding tert-OH is 1. The molecule has 124 valence electrons. The molecule has 0 aromatic rings. The summed E-state index contributed by atoms with van der Waals surface area (Å²) >= 11 is 0. The van der Waals surface area contributed by atoms with Gasteiger partial charge in [0.15, 0.2) is 0 Å². The van der Waals surface area contributed by atoms with Gasteiger partial charge >= 0.3 is 0 Å². The first kappa shape index (κ1) is 14.9. The highest BCUT2D eigenvalue weighted by molar-refractivity contribution is 5.79. The maximum Gasteiger partial charge on any atom is 0.223 e. The molecule has 4 bridgehead atoms. The average molecular weight is 307 g/mol. The molecule has 2 N–H and O–H groups in total. The summed E-state index contributed by atoms with van der Waals surface area (Å²) in [6.45, 7) is 1.45. The van der Waals surface area contributed by atoms with Crippen LogP contribution < -0.4 is 5.32 Å². The number of rotatable bonds is 7. The Morgan fingerprint density at radius 3 is 2.32 bits per heavy atom. The molecule has 0 heterocycles. The van der Waals surface area contributed by atoms with Gasteiger partial charge in [0.1, 0.15) is 0 Å². The number of hydrogen-bond donors (Lipinski definition) is 2. The van der Waals surface area contributed by atoms with Crippen LogP contribution in [-0.4, -0.2) is 36.9 Å². The Morgan fingerprint density at radius 1 is 1.09 bits per heavy atom. The van der Waals surface area contributed by atoms with Crippen LogP contribution in [0.15, 0.2) is 0 Å². The molecule has 0 spiro atoms. The third-order valence-electron chi connectivity index (χ3n) is 6.40. The predicted octanol–water partition coefficient (Wildman–Crippen LogP) is 1.96. The van der Waals surface area contributed by atoms with Gasteiger partial charge in [0.2, 0.25) is 5.91 Å². The van der Waals surface area contributed by atoms with Crippen molar-refractivity contribution >= 4 is 5.91 Å². The molecule has 0 aliphatic heterocycles. The zero-order valence-corrected chi connectivity index (χ0v) is 13.4. The van der Waals surface area contributed by atoms with Crippen LogP contribution in [0.3, 0.4) is 0 Å². The molecule has 4 heteroatoms. The van der Waals surface area contributed by atoms with E-state index in [-0.39, 0.29) is 11.8 Å². The molecule has 5 fully saturated rings. The van der Waals surface area contributed by atoms with E-state index in [1.165, 1.54) is 44.9 Å². The molecule has 0 radical (unpaired) electrons. The van der Waals surface area contributed by atoms with E-state index in [9.17, 15) is 9.90 Å². The van der Waals surface area contributed by atoms with E-state index in [0.29, 0.717) is 25.0 Å². The Kier molecular flexibility index (Phi) is 4.16. The number of amides is 1. The molecular weight excluding hydrogens is 278 g/mol. The summed E-state index contributed by atoms with van der Waals surface area (Å²) in [6, 6.07) is 0. The summed E-state index contributed by atoms with van der Waals surface area (Å²) in [5.74, 6) is 4.14. The van der Waals surface area contributed by atoms with Crippen LogP contribution in [0.25, 0.3) is 0 Å². The standard InChI is InChI=1S/C18H29NO3/c20-16(10-22-9-11-1-2-11)8-19-18(21)17-14-4-12-3-13(6-14)7-15(17)5-12/h11-17,20H,1-10H2,(H,19,21). The smallest absolute Gasteiger partial charge is 0.223 e. The summed E-state index contributed by atoms with van der Waals surface area (Å²) < 4.78 is 5.49. The third-order valence-corrected chi connectivity index (χ3v) is 6.40. The van der Waals surface area contributed by atoms with Gasteiger partial charge in [-0.15, -0.1) is 0 Å². The lowest BCUT2D eigenvalue weighted by atomic mass is 9.51. The molecule has 5 aliphatic carbocycles. The van der Waals surface area contributed by atoms with Crippen LogP contribution in [0, 0.1) is 35.5 Å². The molecule has 1 atom stereocenters. The second kappa shape index (κ2) is 6.12. The normalized spacial score (nSPS) is 40.7. The summed E-state index contributed by atoms with van der Waals surface area (Å²) in [7, 11) is 0. The quantitative estimate of drug-likeness (QED) is 0.756. The lowest BCUT2D eigenvalue weighted by molar-refractivity contribution is -0.138. The Hall–Kier alpha value is -0.610. The Morgan fingerprint density at radius 2 is 1.73 bits per heavy atom. The van der Waals surface area contributed by atoms with Gasteiger partial charge in [-0.05, 0) is 74.5 Å². The molecule has 5 saturated carbocycles. The van der Waals surface area contributed by atoms with E-state index in [4.69, 9.17) is 4.74 Å². The van der Waals surface area contributed by atoms with Crippen LogP contribution in [0.5, 0.6) is 0 Å². The van der Waals surface area contributed by atoms with Crippen LogP contribution in [0.4, 0.5) is 0 Å². The molecule has 0 saturated heterocycles. The van der Waals surface area contributed by atoms with Crippen molar-refractivity contribution in [2.24, 2.45) is 35.5 Å². The van der Waals surface area contributed by atoms with Crippen molar-refractivity contribution in [1.82, 2.24) is 5.32 Å². The number of ether oxygens (including phenoxy) is 1. The number of nitrogens with one attached hydrogen (secondary N) is 1. The van der Waals surface area contributed by atoms with Crippen molar-refractivity contribution in [3.8, 4) is 0 Å². The maximum absolute atomic E-state index is 12.6. The van der Waals surface area contributed by atoms with Crippen molar-refractivity contribution in [3.05, 3.63) is 0 Å². The highest BCUT2D eigenvalue weighted by Gasteiger charge is 2.50. The topological polar surface area (TPSA) is 58.6 Å². The fourth-order valence-corrected chi connectivity index (χ4v) is 5.40. The number of carbonyl (C=O) groups is 1. The molecule has 1 amide bonds. The predicted molar refractivity (Wildman–Crippen MR) is 83.1 cm³/mol. The van der Waals surface area contributed by atoms with Gasteiger partial charge in [-0.3, -0.25) is 4.79 Å². The first-order valence-electron chi connectivity index (χ1n) is 9.22. The number of hydrogen-bond acceptors (Lipinski definition) is 3. The van der Waals surface area contributed by atoms with Gasteiger partial charge in [0, 0.05) is 19.1 Å². The van der Waals surface area contributed by atoms with E-state index >= 15 is 0 Å². The number of aliphatic hydroxyl groups is 1. The summed E-state index contributed by atoms with van der Waals surface area (Å²) in [5.41, 5.74) is 0. The highest BCUT2D eigenvalue weighted by atomic mass is 16.5. The van der Waals surface area contributed by atoms with Crippen LogP contribution in [0.2, 0.25) is 0 Å². The average Bonchev–Trinajstić information content (AvgIpc) is 3.28. The van der Waals surface area contributed by atoms with Crippen LogP contribution in [-0.2, 0) is 9.53 Å². The van der Waals surface area contributed by atoms with E-state index in [1.54, 1.807) is 0 Å². The van der Waals surface area contributed by atoms with Gasteiger partial charge in [0.05, 0.1) is 12.7 Å². The molecule has 5 aliphatic rings. The Bertz CT molecular complexity index is 393. The molecule has 5 rings (SSSR count). The Labute approximate surface area is 133 Å². The van der Waals surface area contributed by atoms with E-state index in [1.807, 2.05) is 0 Å². The zero-order valence-electron chi connectivity index (χ0n) is 13.4. The zero-order chi connectivity index (χ0) is 15.1. The van der Waals surface area contributed by atoms with Crippen molar-refractivity contribution in [2.75, 3.05) is 19.8 Å². The Balaban J connectivity index is 1.22. The first-order valence-corrected chi connectivity index (χ1v) is 9.22. The van der Waals surface area contributed by atoms with E-state index in [0.717, 1.165) is 24.4 Å². The van der Waals surface area contributed by atoms with Gasteiger partial charge in [-0.2, -0.15) is 0 Å². The highest BCUT2D eigenvalue weighted by Crippen LogP contribution is 2.56. The van der Waals surface area contributed by atoms with Gasteiger partial charge in [0.25, 0.3) is 0 Å². The number of carbonyl (C=O) groups excluding carboxylic acids is 1. The van der Waals surface area contributed by atoms with Gasteiger partial charge < -0.3 is 15.2 Å². The second-order valence-corrected chi connectivity index (χ2v) is 8.34. The summed E-state index contributed by atoms with van der Waals surface area (Å²) in [4.78, 5) is 12.6. The molecule has 1 unspecified atom stereocenters. The fourth-order valence-electron chi connectivity index (χ4n) is 5.40. The molecule has 4 nitrogen and oxygen atoms in total. The van der Waals surface area contributed by atoms with E-state index in [2.05, 4.69) is 5.32 Å². The monoisotopic (exact) mass is 307 g/mol. The van der Waals surface area contributed by atoms with Crippen molar-refractivity contribution < 1.29 is 14.6 Å². The minimum absolute atomic E-state index is 0.190. The minimum Gasteiger partial charge on any atom is -0.389 e. The second-order valence-electron chi connectivity index (χ2n) is 8.34. The summed E-state index contributed by atoms with van der Waals surface area (Å²) in [5, 5.41) is 12.9. The van der Waals surface area contributed by atoms with Crippen molar-refractivity contribution in [3.63, 3.8) is 0 Å². The van der Waals surface area contributed by atoms with Gasteiger partial charge in [-0.25, -0.2) is 0 Å².